The zero-order valence-corrected chi connectivity index (χ0v) is 17.3. The first-order chi connectivity index (χ1) is 14.6. The van der Waals surface area contributed by atoms with E-state index in [2.05, 4.69) is 29.3 Å². The smallest absolute Gasteiger partial charge is 0.250 e. The van der Waals surface area contributed by atoms with Crippen molar-refractivity contribution in [3.63, 3.8) is 0 Å². The maximum absolute atomic E-state index is 13.5. The predicted octanol–water partition coefficient (Wildman–Crippen LogP) is 1.51. The summed E-state index contributed by atoms with van der Waals surface area (Å²) in [6.07, 6.45) is 2.63. The SMILES string of the molecule is CCCN1[C@@H]2c3cccc(=O)n3C[C@@H]2[C@@H](CO)[C@@H]1C(=O)NC1Cc2ccccc2C1. The summed E-state index contributed by atoms with van der Waals surface area (Å²) in [6, 6.07) is 13.5. The van der Waals surface area contributed by atoms with Crippen LogP contribution in [-0.2, 0) is 24.2 Å². The van der Waals surface area contributed by atoms with Crippen LogP contribution in [0.1, 0.15) is 36.2 Å². The predicted molar refractivity (Wildman–Crippen MR) is 114 cm³/mol. The highest BCUT2D eigenvalue weighted by Gasteiger charge is 2.55. The molecule has 1 aromatic carbocycles. The van der Waals surface area contributed by atoms with Crippen LogP contribution < -0.4 is 10.9 Å². The van der Waals surface area contributed by atoms with Gasteiger partial charge in [0, 0.05) is 42.8 Å². The number of nitrogens with zero attached hydrogens (tertiary/aromatic N) is 2. The van der Waals surface area contributed by atoms with Gasteiger partial charge in [-0.2, -0.15) is 0 Å². The molecule has 1 saturated heterocycles. The fourth-order valence-electron chi connectivity index (χ4n) is 6.02. The molecule has 3 heterocycles. The third kappa shape index (κ3) is 3.01. The number of aliphatic hydroxyl groups excluding tert-OH is 1. The van der Waals surface area contributed by atoms with E-state index in [1.54, 1.807) is 12.1 Å². The largest absolute Gasteiger partial charge is 0.396 e. The Bertz CT molecular complexity index is 992. The summed E-state index contributed by atoms with van der Waals surface area (Å²) in [5.74, 6) is -0.0858. The minimum atomic E-state index is -0.363. The quantitative estimate of drug-likeness (QED) is 0.788. The van der Waals surface area contributed by atoms with Crippen LogP contribution in [0.15, 0.2) is 47.3 Å². The third-order valence-corrected chi connectivity index (χ3v) is 7.21. The fourth-order valence-corrected chi connectivity index (χ4v) is 6.02. The molecule has 0 radical (unpaired) electrons. The van der Waals surface area contributed by atoms with Crippen molar-refractivity contribution in [1.29, 1.82) is 0 Å². The second-order valence-electron chi connectivity index (χ2n) is 8.92. The molecule has 4 atom stereocenters. The second kappa shape index (κ2) is 7.67. The van der Waals surface area contributed by atoms with Crippen molar-refractivity contribution in [2.75, 3.05) is 13.2 Å². The number of likely N-dealkylation sites (tertiary alicyclic amines) is 1. The molecule has 5 rings (SSSR count). The Morgan fingerprint density at radius 1 is 1.13 bits per heavy atom. The molecule has 2 aliphatic heterocycles. The molecule has 1 aromatic heterocycles. The lowest BCUT2D eigenvalue weighted by Crippen LogP contribution is -2.51. The van der Waals surface area contributed by atoms with E-state index < -0.39 is 0 Å². The maximum atomic E-state index is 13.5. The average Bonchev–Trinajstić information content (AvgIpc) is 3.39. The Morgan fingerprint density at radius 2 is 1.87 bits per heavy atom. The molecule has 0 bridgehead atoms. The van der Waals surface area contributed by atoms with Gasteiger partial charge >= 0.3 is 0 Å². The molecule has 2 N–H and O–H groups in total. The average molecular weight is 408 g/mol. The number of benzene rings is 1. The zero-order valence-electron chi connectivity index (χ0n) is 17.3. The van der Waals surface area contributed by atoms with Gasteiger partial charge in [0.25, 0.3) is 5.56 Å². The van der Waals surface area contributed by atoms with E-state index in [1.165, 1.54) is 11.1 Å². The number of hydrogen-bond acceptors (Lipinski definition) is 4. The van der Waals surface area contributed by atoms with E-state index in [4.69, 9.17) is 0 Å². The minimum Gasteiger partial charge on any atom is -0.396 e. The van der Waals surface area contributed by atoms with Gasteiger partial charge in [0.1, 0.15) is 0 Å². The number of nitrogens with one attached hydrogen (secondary N) is 1. The van der Waals surface area contributed by atoms with Crippen molar-refractivity contribution in [2.45, 2.75) is 50.9 Å². The summed E-state index contributed by atoms with van der Waals surface area (Å²) in [5, 5.41) is 13.6. The van der Waals surface area contributed by atoms with Crippen LogP contribution in [0.25, 0.3) is 0 Å². The minimum absolute atomic E-state index is 0.000222. The number of rotatable bonds is 5. The molecule has 0 unspecified atom stereocenters. The molecule has 1 amide bonds. The Hall–Kier alpha value is -2.44. The first-order valence-electron chi connectivity index (χ1n) is 11.1. The van der Waals surface area contributed by atoms with Crippen molar-refractivity contribution in [3.8, 4) is 0 Å². The number of carbonyl (C=O) groups is 1. The lowest BCUT2D eigenvalue weighted by molar-refractivity contribution is -0.128. The number of carbonyl (C=O) groups excluding carboxylic acids is 1. The number of aromatic nitrogens is 1. The van der Waals surface area contributed by atoms with Crippen molar-refractivity contribution < 1.29 is 9.90 Å². The lowest BCUT2D eigenvalue weighted by atomic mass is 9.88. The van der Waals surface area contributed by atoms with E-state index in [-0.39, 0.29) is 48.0 Å². The van der Waals surface area contributed by atoms with Gasteiger partial charge in [0.2, 0.25) is 5.91 Å². The van der Waals surface area contributed by atoms with E-state index in [1.807, 2.05) is 22.8 Å². The van der Waals surface area contributed by atoms with Crippen molar-refractivity contribution >= 4 is 5.91 Å². The van der Waals surface area contributed by atoms with Gasteiger partial charge in [-0.15, -0.1) is 0 Å². The van der Waals surface area contributed by atoms with E-state index in [0.29, 0.717) is 6.54 Å². The zero-order chi connectivity index (χ0) is 20.8. The van der Waals surface area contributed by atoms with Crippen molar-refractivity contribution in [3.05, 3.63) is 69.6 Å². The van der Waals surface area contributed by atoms with Gasteiger partial charge < -0.3 is 15.0 Å². The molecular weight excluding hydrogens is 378 g/mol. The van der Waals surface area contributed by atoms with Crippen LogP contribution in [0.3, 0.4) is 0 Å². The monoisotopic (exact) mass is 407 g/mol. The van der Waals surface area contributed by atoms with Crippen LogP contribution in [0.5, 0.6) is 0 Å². The number of fused-ring (bicyclic) bond motifs is 4. The fraction of sp³-hybridized carbons (Fsp3) is 0.500. The Balaban J connectivity index is 1.41. The van der Waals surface area contributed by atoms with Crippen LogP contribution in [0.4, 0.5) is 0 Å². The standard InChI is InChI=1S/C24H29N3O3/c1-2-10-26-22-18(13-27-20(22)8-5-9-21(27)29)19(14-28)23(26)24(30)25-17-11-15-6-3-4-7-16(15)12-17/h3-9,17-19,22-23,28H,2,10-14H2,1H3,(H,25,30)/t18-,19-,22+,23-/m1/s1. The molecule has 0 saturated carbocycles. The first kappa shape index (κ1) is 19.5. The molecule has 30 heavy (non-hydrogen) atoms. The number of pyridine rings is 1. The van der Waals surface area contributed by atoms with E-state index >= 15 is 0 Å². The summed E-state index contributed by atoms with van der Waals surface area (Å²) in [4.78, 5) is 28.1. The molecule has 6 heteroatoms. The summed E-state index contributed by atoms with van der Waals surface area (Å²) < 4.78 is 1.82. The van der Waals surface area contributed by atoms with Crippen molar-refractivity contribution in [2.24, 2.45) is 11.8 Å². The summed E-state index contributed by atoms with van der Waals surface area (Å²) in [5.41, 5.74) is 3.59. The maximum Gasteiger partial charge on any atom is 0.250 e. The van der Waals surface area contributed by atoms with Gasteiger partial charge in [0.05, 0.1) is 12.1 Å². The highest BCUT2D eigenvalue weighted by molar-refractivity contribution is 5.83. The third-order valence-electron chi connectivity index (χ3n) is 7.21. The topological polar surface area (TPSA) is 74.6 Å². The Morgan fingerprint density at radius 3 is 2.53 bits per heavy atom. The van der Waals surface area contributed by atoms with Crippen LogP contribution in [0.2, 0.25) is 0 Å². The Kier molecular flexibility index (Phi) is 4.99. The van der Waals surface area contributed by atoms with Crippen LogP contribution >= 0.6 is 0 Å². The van der Waals surface area contributed by atoms with Gasteiger partial charge in [-0.1, -0.05) is 37.3 Å². The molecule has 1 fully saturated rings. The highest BCUT2D eigenvalue weighted by Crippen LogP contribution is 2.49. The highest BCUT2D eigenvalue weighted by atomic mass is 16.3. The summed E-state index contributed by atoms with van der Waals surface area (Å²) in [6.45, 7) is 3.40. The van der Waals surface area contributed by atoms with Gasteiger partial charge in [0.15, 0.2) is 0 Å². The molecule has 1 aliphatic carbocycles. The molecule has 2 aromatic rings. The molecule has 158 valence electrons. The van der Waals surface area contributed by atoms with E-state index in [0.717, 1.165) is 31.5 Å². The molecular formula is C24H29N3O3. The first-order valence-corrected chi connectivity index (χ1v) is 11.1. The number of aliphatic hydroxyl groups is 1. The second-order valence-corrected chi connectivity index (χ2v) is 8.92. The normalized spacial score (nSPS) is 27.7. The van der Waals surface area contributed by atoms with E-state index in [9.17, 15) is 14.7 Å². The number of amides is 1. The van der Waals surface area contributed by atoms with Gasteiger partial charge in [-0.25, -0.2) is 0 Å². The summed E-state index contributed by atoms with van der Waals surface area (Å²) in [7, 11) is 0. The van der Waals surface area contributed by atoms with Gasteiger partial charge in [-0.3, -0.25) is 14.5 Å². The van der Waals surface area contributed by atoms with Crippen LogP contribution in [-0.4, -0.2) is 45.7 Å². The molecule has 6 nitrogen and oxygen atoms in total. The Labute approximate surface area is 176 Å². The summed E-state index contributed by atoms with van der Waals surface area (Å²) >= 11 is 0. The molecule has 0 spiro atoms. The van der Waals surface area contributed by atoms with Gasteiger partial charge in [-0.05, 0) is 43.0 Å². The molecule has 3 aliphatic rings. The van der Waals surface area contributed by atoms with Crippen LogP contribution in [0, 0.1) is 11.8 Å². The number of hydrogen-bond donors (Lipinski definition) is 2. The van der Waals surface area contributed by atoms with Crippen molar-refractivity contribution in [1.82, 2.24) is 14.8 Å². The lowest BCUT2D eigenvalue weighted by Gasteiger charge is -2.31.